The zero-order valence-electron chi connectivity index (χ0n) is 19.8. The fourth-order valence-electron chi connectivity index (χ4n) is 4.05. The molecule has 13 heteroatoms. The second-order valence-corrected chi connectivity index (χ2v) is 9.93. The summed E-state index contributed by atoms with van der Waals surface area (Å²) in [5.41, 5.74) is -2.82. The largest absolute Gasteiger partial charge is 0.416 e. The summed E-state index contributed by atoms with van der Waals surface area (Å²) in [4.78, 5) is 32.1. The number of benzene rings is 1. The number of likely N-dealkylation sites (tertiary alicyclic amines) is 1. The summed E-state index contributed by atoms with van der Waals surface area (Å²) in [5.74, 6) is 0.119. The van der Waals surface area contributed by atoms with E-state index in [1.807, 2.05) is 6.08 Å². The van der Waals surface area contributed by atoms with E-state index in [4.69, 9.17) is 0 Å². The third-order valence-electron chi connectivity index (χ3n) is 5.93. The van der Waals surface area contributed by atoms with E-state index in [0.29, 0.717) is 42.7 Å². The molecule has 1 N–H and O–H groups in total. The van der Waals surface area contributed by atoms with Crippen molar-refractivity contribution in [2.45, 2.75) is 44.7 Å². The van der Waals surface area contributed by atoms with E-state index in [1.165, 1.54) is 4.90 Å². The SMILES string of the molecule is C[C@@H](N=C1NC(=O)SC1=CC1CCN(Cc2ccc(C(F)(F)F)cc2C(F)(F)F)CC1)C(=O)N(C)C. The van der Waals surface area contributed by atoms with Gasteiger partial charge in [0.2, 0.25) is 5.91 Å². The molecule has 2 amide bonds. The molecule has 2 fully saturated rings. The Kier molecular flexibility index (Phi) is 8.44. The average Bonchev–Trinajstić information content (AvgIpc) is 3.11. The molecule has 36 heavy (non-hydrogen) atoms. The molecule has 198 valence electrons. The Morgan fingerprint density at radius 2 is 1.83 bits per heavy atom. The number of thioether (sulfide) groups is 1. The molecule has 6 nitrogen and oxygen atoms in total. The van der Waals surface area contributed by atoms with Gasteiger partial charge in [-0.2, -0.15) is 26.3 Å². The lowest BCUT2D eigenvalue weighted by Crippen LogP contribution is -2.34. The molecule has 2 aliphatic heterocycles. The molecule has 1 aromatic carbocycles. The van der Waals surface area contributed by atoms with Gasteiger partial charge in [-0.25, -0.2) is 0 Å². The maximum Gasteiger partial charge on any atom is 0.416 e. The van der Waals surface area contributed by atoms with Gasteiger partial charge in [-0.3, -0.25) is 19.5 Å². The van der Waals surface area contributed by atoms with Crippen molar-refractivity contribution < 1.29 is 35.9 Å². The second-order valence-electron chi connectivity index (χ2n) is 8.91. The zero-order valence-corrected chi connectivity index (χ0v) is 20.7. The molecule has 0 bridgehead atoms. The quantitative estimate of drug-likeness (QED) is 0.529. The number of nitrogens with one attached hydrogen (secondary N) is 1. The van der Waals surface area contributed by atoms with Crippen molar-refractivity contribution in [1.82, 2.24) is 15.1 Å². The van der Waals surface area contributed by atoms with Crippen molar-refractivity contribution >= 4 is 28.7 Å². The van der Waals surface area contributed by atoms with E-state index in [1.54, 1.807) is 25.9 Å². The molecule has 1 aromatic rings. The smallest absolute Gasteiger partial charge is 0.347 e. The maximum atomic E-state index is 13.4. The van der Waals surface area contributed by atoms with E-state index in [0.717, 1.165) is 17.8 Å². The summed E-state index contributed by atoms with van der Waals surface area (Å²) < 4.78 is 79.1. The van der Waals surface area contributed by atoms with Gasteiger partial charge in [0, 0.05) is 20.6 Å². The molecular weight excluding hydrogens is 510 g/mol. The van der Waals surface area contributed by atoms with Crippen LogP contribution in [0.5, 0.6) is 0 Å². The molecule has 2 heterocycles. The summed E-state index contributed by atoms with van der Waals surface area (Å²) in [6.45, 7) is 2.36. The number of piperidine rings is 1. The van der Waals surface area contributed by atoms with Gasteiger partial charge >= 0.3 is 12.4 Å². The van der Waals surface area contributed by atoms with Crippen LogP contribution in [0.1, 0.15) is 36.5 Å². The molecule has 0 aromatic heterocycles. The number of aliphatic imine (C=N–C) groups is 1. The van der Waals surface area contributed by atoms with Gasteiger partial charge in [0.1, 0.15) is 11.9 Å². The number of rotatable bonds is 5. The van der Waals surface area contributed by atoms with Crippen molar-refractivity contribution in [1.29, 1.82) is 0 Å². The van der Waals surface area contributed by atoms with E-state index >= 15 is 0 Å². The average molecular weight is 537 g/mol. The Morgan fingerprint density at radius 3 is 2.39 bits per heavy atom. The first-order valence-electron chi connectivity index (χ1n) is 11.1. The highest BCUT2D eigenvalue weighted by atomic mass is 32.2. The van der Waals surface area contributed by atoms with Crippen LogP contribution in [0, 0.1) is 5.92 Å². The van der Waals surface area contributed by atoms with Crippen LogP contribution in [0.25, 0.3) is 0 Å². The number of amidine groups is 1. The van der Waals surface area contributed by atoms with Crippen LogP contribution in [0.15, 0.2) is 34.2 Å². The lowest BCUT2D eigenvalue weighted by Gasteiger charge is -2.31. The van der Waals surface area contributed by atoms with E-state index in [-0.39, 0.29) is 35.2 Å². The first-order valence-corrected chi connectivity index (χ1v) is 12.0. The zero-order chi connectivity index (χ0) is 26.8. The number of nitrogens with zero attached hydrogens (tertiary/aromatic N) is 3. The number of allylic oxidation sites excluding steroid dienone is 1. The Hall–Kier alpha value is -2.54. The predicted octanol–water partition coefficient (Wildman–Crippen LogP) is 5.15. The highest BCUT2D eigenvalue weighted by Crippen LogP contribution is 2.38. The lowest BCUT2D eigenvalue weighted by molar-refractivity contribution is -0.143. The van der Waals surface area contributed by atoms with Gasteiger partial charge in [0.05, 0.1) is 16.0 Å². The van der Waals surface area contributed by atoms with E-state index < -0.39 is 29.5 Å². The summed E-state index contributed by atoms with van der Waals surface area (Å²) in [7, 11) is 3.21. The Labute approximate surface area is 208 Å². The molecule has 1 atom stereocenters. The third-order valence-corrected chi connectivity index (χ3v) is 6.77. The van der Waals surface area contributed by atoms with Crippen molar-refractivity contribution in [3.63, 3.8) is 0 Å². The van der Waals surface area contributed by atoms with Crippen LogP contribution in [0.3, 0.4) is 0 Å². The molecule has 0 unspecified atom stereocenters. The van der Waals surface area contributed by atoms with Crippen LogP contribution >= 0.6 is 11.8 Å². The number of hydrogen-bond acceptors (Lipinski definition) is 5. The number of carbonyl (C=O) groups is 2. The van der Waals surface area contributed by atoms with Crippen LogP contribution in [-0.4, -0.2) is 60.0 Å². The molecule has 2 aliphatic rings. The normalized spacial score (nSPS) is 21.2. The minimum atomic E-state index is -4.90. The number of alkyl halides is 6. The minimum Gasteiger partial charge on any atom is -0.347 e. The Morgan fingerprint density at radius 1 is 1.19 bits per heavy atom. The fourth-order valence-corrected chi connectivity index (χ4v) is 4.86. The number of halogens is 6. The molecule has 0 aliphatic carbocycles. The van der Waals surface area contributed by atoms with Crippen molar-refractivity contribution in [3.05, 3.63) is 45.9 Å². The van der Waals surface area contributed by atoms with Crippen LogP contribution < -0.4 is 5.32 Å². The minimum absolute atomic E-state index is 0.0243. The number of hydrogen-bond donors (Lipinski definition) is 1. The van der Waals surface area contributed by atoms with Gasteiger partial charge in [-0.15, -0.1) is 0 Å². The number of carbonyl (C=O) groups excluding carboxylic acids is 2. The van der Waals surface area contributed by atoms with Crippen molar-refractivity contribution in [3.8, 4) is 0 Å². The first kappa shape index (κ1) is 28.0. The number of amides is 2. The summed E-state index contributed by atoms with van der Waals surface area (Å²) >= 11 is 0.966. The molecule has 0 radical (unpaired) electrons. The lowest BCUT2D eigenvalue weighted by atomic mass is 9.95. The highest BCUT2D eigenvalue weighted by Gasteiger charge is 2.38. The fraction of sp³-hybridized carbons (Fsp3) is 0.522. The summed E-state index contributed by atoms with van der Waals surface area (Å²) in [5, 5.41) is 2.32. The van der Waals surface area contributed by atoms with E-state index in [9.17, 15) is 35.9 Å². The van der Waals surface area contributed by atoms with Crippen molar-refractivity contribution in [2.24, 2.45) is 10.9 Å². The molecule has 3 rings (SSSR count). The second kappa shape index (κ2) is 10.8. The Bertz CT molecular complexity index is 1060. The molecule has 2 saturated heterocycles. The first-order chi connectivity index (χ1) is 16.6. The predicted molar refractivity (Wildman–Crippen MR) is 124 cm³/mol. The standard InChI is InChI=1S/C23H26F6N4O2S/c1-13(20(34)32(2)3)30-19-18(36-21(35)31-19)10-14-6-8-33(9-7-14)12-15-4-5-16(22(24,25)26)11-17(15)23(27,28)29/h4-5,10-11,13-14H,6-9,12H2,1-3H3,(H,30,31,35)/t13-/m1/s1. The molecule has 0 spiro atoms. The van der Waals surface area contributed by atoms with Gasteiger partial charge in [0.25, 0.3) is 5.24 Å². The van der Waals surface area contributed by atoms with Crippen LogP contribution in [-0.2, 0) is 23.7 Å². The van der Waals surface area contributed by atoms with Gasteiger partial charge in [-0.1, -0.05) is 12.1 Å². The monoisotopic (exact) mass is 536 g/mol. The van der Waals surface area contributed by atoms with Gasteiger partial charge in [-0.05, 0) is 68.2 Å². The van der Waals surface area contributed by atoms with Crippen LogP contribution in [0.4, 0.5) is 31.1 Å². The summed E-state index contributed by atoms with van der Waals surface area (Å²) in [6.07, 6.45) is -6.72. The van der Waals surface area contributed by atoms with Crippen molar-refractivity contribution in [2.75, 3.05) is 27.2 Å². The highest BCUT2D eigenvalue weighted by molar-refractivity contribution is 8.18. The van der Waals surface area contributed by atoms with Gasteiger partial charge in [0.15, 0.2) is 0 Å². The van der Waals surface area contributed by atoms with E-state index in [2.05, 4.69) is 10.3 Å². The summed E-state index contributed by atoms with van der Waals surface area (Å²) in [6, 6.07) is 1.04. The molecular formula is C23H26F6N4O2S. The topological polar surface area (TPSA) is 65.0 Å². The number of likely N-dealkylation sites (N-methyl/N-ethyl adjacent to an activating group) is 1. The van der Waals surface area contributed by atoms with Crippen LogP contribution in [0.2, 0.25) is 0 Å². The maximum absolute atomic E-state index is 13.4. The third kappa shape index (κ3) is 7.02. The molecule has 0 saturated carbocycles. The Balaban J connectivity index is 1.68. The van der Waals surface area contributed by atoms with Gasteiger partial charge < -0.3 is 10.2 Å².